The third-order valence-electron chi connectivity index (χ3n) is 3.60. The minimum atomic E-state index is -0.476. The Hall–Kier alpha value is -2.21. The summed E-state index contributed by atoms with van der Waals surface area (Å²) < 4.78 is 0. The lowest BCUT2D eigenvalue weighted by Crippen LogP contribution is -2.27. The summed E-state index contributed by atoms with van der Waals surface area (Å²) >= 11 is 1.29. The highest BCUT2D eigenvalue weighted by Crippen LogP contribution is 2.29. The average molecular weight is 345 g/mol. The summed E-state index contributed by atoms with van der Waals surface area (Å²) in [6.45, 7) is 9.36. The monoisotopic (exact) mass is 345 g/mol. The largest absolute Gasteiger partial charge is 0.345 e. The summed E-state index contributed by atoms with van der Waals surface area (Å²) in [5.74, 6) is -0.209. The molecule has 0 aliphatic heterocycles. The molecule has 2 rings (SSSR count). The van der Waals surface area contributed by atoms with E-state index in [1.807, 2.05) is 52.8 Å². The molecule has 5 nitrogen and oxygen atoms in total. The zero-order valence-corrected chi connectivity index (χ0v) is 15.5. The van der Waals surface area contributed by atoms with Crippen LogP contribution in [0.1, 0.15) is 54.5 Å². The number of anilines is 1. The van der Waals surface area contributed by atoms with Gasteiger partial charge in [0.2, 0.25) is 5.91 Å². The van der Waals surface area contributed by atoms with E-state index in [-0.39, 0.29) is 17.9 Å². The third kappa shape index (κ3) is 4.41. The Labute approximate surface area is 146 Å². The van der Waals surface area contributed by atoms with E-state index in [1.165, 1.54) is 11.3 Å². The smallest absolute Gasteiger partial charge is 0.262 e. The summed E-state index contributed by atoms with van der Waals surface area (Å²) in [5, 5.41) is 6.54. The molecule has 2 amide bonds. The summed E-state index contributed by atoms with van der Waals surface area (Å²) in [6, 6.07) is 5.47. The van der Waals surface area contributed by atoms with Gasteiger partial charge in [-0.2, -0.15) is 0 Å². The lowest BCUT2D eigenvalue weighted by Gasteiger charge is -2.16. The number of carbonyl (C=O) groups excluding carboxylic acids is 2. The van der Waals surface area contributed by atoms with E-state index in [1.54, 1.807) is 12.4 Å². The molecule has 0 aliphatic carbocycles. The van der Waals surface area contributed by atoms with Crippen LogP contribution in [-0.4, -0.2) is 16.8 Å². The lowest BCUT2D eigenvalue weighted by atomic mass is 9.96. The summed E-state index contributed by atoms with van der Waals surface area (Å²) in [4.78, 5) is 29.2. The molecule has 0 radical (unpaired) electrons. The average Bonchev–Trinajstić information content (AvgIpc) is 2.87. The first kappa shape index (κ1) is 18.1. The zero-order valence-electron chi connectivity index (χ0n) is 14.6. The van der Waals surface area contributed by atoms with Gasteiger partial charge in [-0.05, 0) is 43.2 Å². The molecule has 0 aliphatic rings. The van der Waals surface area contributed by atoms with Crippen molar-refractivity contribution < 1.29 is 9.59 Å². The molecule has 0 fully saturated rings. The molecule has 0 bridgehead atoms. The van der Waals surface area contributed by atoms with E-state index in [0.717, 1.165) is 11.1 Å². The van der Waals surface area contributed by atoms with Crippen LogP contribution in [0.2, 0.25) is 0 Å². The Morgan fingerprint density at radius 3 is 2.42 bits per heavy atom. The fourth-order valence-corrected chi connectivity index (χ4v) is 3.04. The van der Waals surface area contributed by atoms with Crippen LogP contribution < -0.4 is 10.6 Å². The van der Waals surface area contributed by atoms with Crippen LogP contribution in [0.25, 0.3) is 0 Å². The molecule has 2 heterocycles. The summed E-state index contributed by atoms with van der Waals surface area (Å²) in [6.07, 6.45) is 3.41. The molecule has 2 aromatic rings. The van der Waals surface area contributed by atoms with Gasteiger partial charge < -0.3 is 10.6 Å². The molecule has 2 aromatic heterocycles. The van der Waals surface area contributed by atoms with Crippen molar-refractivity contribution in [3.63, 3.8) is 0 Å². The fraction of sp³-hybridized carbons (Fsp3) is 0.389. The Bertz CT molecular complexity index is 732. The van der Waals surface area contributed by atoms with Crippen LogP contribution in [0.4, 0.5) is 5.00 Å². The number of aromatic nitrogens is 1. The second-order valence-corrected chi connectivity index (χ2v) is 7.85. The van der Waals surface area contributed by atoms with Gasteiger partial charge in [0.15, 0.2) is 0 Å². The highest BCUT2D eigenvalue weighted by Gasteiger charge is 2.23. The van der Waals surface area contributed by atoms with Crippen molar-refractivity contribution in [2.75, 3.05) is 5.32 Å². The van der Waals surface area contributed by atoms with Gasteiger partial charge in [0.25, 0.3) is 5.91 Å². The molecule has 1 unspecified atom stereocenters. The molecule has 128 valence electrons. The minimum absolute atomic E-state index is 0.0686. The number of rotatable bonds is 4. The van der Waals surface area contributed by atoms with Gasteiger partial charge in [0, 0.05) is 17.8 Å². The Morgan fingerprint density at radius 1 is 1.21 bits per heavy atom. The molecule has 0 spiro atoms. The van der Waals surface area contributed by atoms with Gasteiger partial charge in [0.05, 0.1) is 15.9 Å². The molecule has 0 aromatic carbocycles. The third-order valence-corrected chi connectivity index (χ3v) is 4.75. The van der Waals surface area contributed by atoms with Crippen molar-refractivity contribution in [1.82, 2.24) is 10.3 Å². The van der Waals surface area contributed by atoms with Gasteiger partial charge >= 0.3 is 0 Å². The van der Waals surface area contributed by atoms with Gasteiger partial charge in [0.1, 0.15) is 0 Å². The Kier molecular flexibility index (Phi) is 5.39. The summed E-state index contributed by atoms with van der Waals surface area (Å²) in [7, 11) is 0. The quantitative estimate of drug-likeness (QED) is 0.882. The van der Waals surface area contributed by atoms with E-state index in [2.05, 4.69) is 15.6 Å². The van der Waals surface area contributed by atoms with Gasteiger partial charge in [-0.3, -0.25) is 14.6 Å². The van der Waals surface area contributed by atoms with Crippen LogP contribution in [0.15, 0.2) is 30.6 Å². The first-order valence-corrected chi connectivity index (χ1v) is 8.63. The molecule has 0 saturated heterocycles. The molecule has 24 heavy (non-hydrogen) atoms. The SMILES string of the molecule is Cc1cc(NC(=O)C(C)(C)C)sc1C(=O)NC(C)c1ccncc1. The lowest BCUT2D eigenvalue weighted by molar-refractivity contribution is -0.123. The van der Waals surface area contributed by atoms with Gasteiger partial charge in [-0.1, -0.05) is 20.8 Å². The van der Waals surface area contributed by atoms with E-state index in [4.69, 9.17) is 0 Å². The number of thiophene rings is 1. The number of nitrogens with one attached hydrogen (secondary N) is 2. The fourth-order valence-electron chi connectivity index (χ4n) is 2.07. The zero-order chi connectivity index (χ0) is 17.9. The molecule has 1 atom stereocenters. The van der Waals surface area contributed by atoms with Crippen LogP contribution in [0.3, 0.4) is 0 Å². The number of hydrogen-bond donors (Lipinski definition) is 2. The Morgan fingerprint density at radius 2 is 1.83 bits per heavy atom. The topological polar surface area (TPSA) is 71.1 Å². The second-order valence-electron chi connectivity index (χ2n) is 6.80. The maximum Gasteiger partial charge on any atom is 0.262 e. The van der Waals surface area contributed by atoms with Crippen LogP contribution in [-0.2, 0) is 4.79 Å². The molecule has 0 saturated carbocycles. The number of hydrogen-bond acceptors (Lipinski definition) is 4. The van der Waals surface area contributed by atoms with Crippen molar-refractivity contribution in [3.8, 4) is 0 Å². The number of nitrogens with zero attached hydrogens (tertiary/aromatic N) is 1. The summed E-state index contributed by atoms with van der Waals surface area (Å²) in [5.41, 5.74) is 1.37. The predicted octanol–water partition coefficient (Wildman–Crippen LogP) is 3.93. The van der Waals surface area contributed by atoms with Crippen molar-refractivity contribution in [3.05, 3.63) is 46.6 Å². The normalized spacial score (nSPS) is 12.5. The number of pyridine rings is 1. The van der Waals surface area contributed by atoms with Crippen LogP contribution in [0.5, 0.6) is 0 Å². The van der Waals surface area contributed by atoms with Crippen molar-refractivity contribution in [2.45, 2.75) is 40.7 Å². The van der Waals surface area contributed by atoms with Gasteiger partial charge in [-0.15, -0.1) is 11.3 Å². The Balaban J connectivity index is 2.09. The first-order chi connectivity index (χ1) is 11.2. The van der Waals surface area contributed by atoms with Crippen molar-refractivity contribution >= 4 is 28.2 Å². The van der Waals surface area contributed by atoms with Crippen molar-refractivity contribution in [1.29, 1.82) is 0 Å². The maximum absolute atomic E-state index is 12.5. The predicted molar refractivity (Wildman–Crippen MR) is 97.3 cm³/mol. The number of carbonyl (C=O) groups is 2. The van der Waals surface area contributed by atoms with Gasteiger partial charge in [-0.25, -0.2) is 0 Å². The van der Waals surface area contributed by atoms with Crippen LogP contribution >= 0.6 is 11.3 Å². The molecular formula is C18H23N3O2S. The second kappa shape index (κ2) is 7.13. The van der Waals surface area contributed by atoms with E-state index in [0.29, 0.717) is 9.88 Å². The highest BCUT2D eigenvalue weighted by atomic mass is 32.1. The standard InChI is InChI=1S/C18H23N3O2S/c1-11-10-14(21-17(23)18(3,4)5)24-15(11)16(22)20-12(2)13-6-8-19-9-7-13/h6-10,12H,1-5H3,(H,20,22)(H,21,23). The van der Waals surface area contributed by atoms with Crippen LogP contribution in [0, 0.1) is 12.3 Å². The number of amides is 2. The van der Waals surface area contributed by atoms with Crippen molar-refractivity contribution in [2.24, 2.45) is 5.41 Å². The number of aryl methyl sites for hydroxylation is 1. The van der Waals surface area contributed by atoms with E-state index in [9.17, 15) is 9.59 Å². The first-order valence-electron chi connectivity index (χ1n) is 7.81. The van der Waals surface area contributed by atoms with E-state index < -0.39 is 5.41 Å². The molecule has 6 heteroatoms. The maximum atomic E-state index is 12.5. The highest BCUT2D eigenvalue weighted by molar-refractivity contribution is 7.18. The molecule has 2 N–H and O–H groups in total. The minimum Gasteiger partial charge on any atom is -0.345 e. The van der Waals surface area contributed by atoms with E-state index >= 15 is 0 Å². The molecular weight excluding hydrogens is 322 g/mol.